The highest BCUT2D eigenvalue weighted by atomic mass is 16.5. The Labute approximate surface area is 172 Å². The fourth-order valence-electron chi connectivity index (χ4n) is 2.92. The largest absolute Gasteiger partial charge is 0.496 e. The number of nitrogens with zero attached hydrogens (tertiary/aromatic N) is 4. The number of hydrogen-bond acceptors (Lipinski definition) is 7. The van der Waals surface area contributed by atoms with Gasteiger partial charge in [-0.3, -0.25) is 4.98 Å². The second-order valence-electron chi connectivity index (χ2n) is 6.95. The van der Waals surface area contributed by atoms with Crippen LogP contribution < -0.4 is 15.4 Å². The number of benzene rings is 1. The van der Waals surface area contributed by atoms with Crippen molar-refractivity contribution in [2.24, 2.45) is 0 Å². The fourth-order valence-corrected chi connectivity index (χ4v) is 2.92. The summed E-state index contributed by atoms with van der Waals surface area (Å²) in [6.45, 7) is 2.43. The summed E-state index contributed by atoms with van der Waals surface area (Å²) in [6.07, 6.45) is 4.55. The van der Waals surface area contributed by atoms with Gasteiger partial charge in [-0.05, 0) is 45.3 Å². The van der Waals surface area contributed by atoms with Crippen molar-refractivity contribution < 1.29 is 4.74 Å². The Morgan fingerprint density at radius 1 is 1.00 bits per heavy atom. The lowest BCUT2D eigenvalue weighted by molar-refractivity contribution is 0.405. The first-order chi connectivity index (χ1) is 14.2. The van der Waals surface area contributed by atoms with E-state index in [1.54, 1.807) is 19.5 Å². The van der Waals surface area contributed by atoms with Gasteiger partial charge in [-0.25, -0.2) is 4.98 Å². The van der Waals surface area contributed by atoms with E-state index in [1.165, 1.54) is 0 Å². The van der Waals surface area contributed by atoms with Crippen LogP contribution in [0.3, 0.4) is 0 Å². The molecule has 0 aliphatic carbocycles. The zero-order valence-corrected chi connectivity index (χ0v) is 17.2. The van der Waals surface area contributed by atoms with E-state index in [0.29, 0.717) is 12.5 Å². The normalized spacial score (nSPS) is 10.8. The Morgan fingerprint density at radius 2 is 1.79 bits per heavy atom. The first-order valence-electron chi connectivity index (χ1n) is 9.69. The molecule has 0 unspecified atom stereocenters. The second-order valence-corrected chi connectivity index (χ2v) is 6.95. The molecule has 2 heterocycles. The number of aromatic nitrogens is 3. The second kappa shape index (κ2) is 10.4. The average Bonchev–Trinajstić information content (AvgIpc) is 2.76. The number of pyridine rings is 1. The van der Waals surface area contributed by atoms with Gasteiger partial charge in [0.25, 0.3) is 0 Å². The molecule has 3 aromatic rings. The van der Waals surface area contributed by atoms with Crippen molar-refractivity contribution in [1.82, 2.24) is 19.9 Å². The maximum Gasteiger partial charge on any atom is 0.225 e. The lowest BCUT2D eigenvalue weighted by Crippen LogP contribution is -2.17. The highest BCUT2D eigenvalue weighted by molar-refractivity contribution is 5.64. The molecule has 0 radical (unpaired) electrons. The predicted octanol–water partition coefficient (Wildman–Crippen LogP) is 3.52. The van der Waals surface area contributed by atoms with Gasteiger partial charge in [-0.15, -0.1) is 0 Å². The van der Waals surface area contributed by atoms with Crippen LogP contribution in [0, 0.1) is 0 Å². The molecule has 2 N–H and O–H groups in total. The van der Waals surface area contributed by atoms with Crippen molar-refractivity contribution in [2.75, 3.05) is 44.9 Å². The fraction of sp³-hybridized carbons (Fsp3) is 0.318. The van der Waals surface area contributed by atoms with Crippen LogP contribution in [0.5, 0.6) is 5.75 Å². The monoisotopic (exact) mass is 392 g/mol. The van der Waals surface area contributed by atoms with Crippen molar-refractivity contribution >= 4 is 11.8 Å². The molecule has 0 aliphatic heterocycles. The highest BCUT2D eigenvalue weighted by Crippen LogP contribution is 2.23. The van der Waals surface area contributed by atoms with Crippen molar-refractivity contribution in [3.63, 3.8) is 0 Å². The smallest absolute Gasteiger partial charge is 0.225 e. The van der Waals surface area contributed by atoms with E-state index in [1.807, 2.05) is 42.5 Å². The summed E-state index contributed by atoms with van der Waals surface area (Å²) < 4.78 is 5.44. The Morgan fingerprint density at radius 3 is 2.55 bits per heavy atom. The molecule has 7 heteroatoms. The predicted molar refractivity (Wildman–Crippen MR) is 117 cm³/mol. The molecule has 0 saturated carbocycles. The summed E-state index contributed by atoms with van der Waals surface area (Å²) in [4.78, 5) is 15.6. The van der Waals surface area contributed by atoms with E-state index in [2.05, 4.69) is 44.6 Å². The Balaban J connectivity index is 1.78. The lowest BCUT2D eigenvalue weighted by atomic mass is 10.2. The van der Waals surface area contributed by atoms with E-state index in [0.717, 1.165) is 47.9 Å². The molecule has 0 aliphatic rings. The molecule has 3 rings (SSSR count). The third-order valence-corrected chi connectivity index (χ3v) is 4.42. The molecule has 0 saturated heterocycles. The maximum absolute atomic E-state index is 5.44. The van der Waals surface area contributed by atoms with E-state index in [-0.39, 0.29) is 0 Å². The molecule has 152 valence electrons. The van der Waals surface area contributed by atoms with Gasteiger partial charge in [0.15, 0.2) is 0 Å². The number of nitrogens with one attached hydrogen (secondary N) is 2. The van der Waals surface area contributed by atoms with Crippen LogP contribution in [-0.4, -0.2) is 54.1 Å². The van der Waals surface area contributed by atoms with Gasteiger partial charge in [0.2, 0.25) is 5.95 Å². The summed E-state index contributed by atoms with van der Waals surface area (Å²) in [5.74, 6) is 2.22. The van der Waals surface area contributed by atoms with E-state index in [9.17, 15) is 0 Å². The molecule has 0 spiro atoms. The summed E-state index contributed by atoms with van der Waals surface area (Å²) in [5.41, 5.74) is 2.92. The van der Waals surface area contributed by atoms with Gasteiger partial charge in [0.1, 0.15) is 11.6 Å². The minimum absolute atomic E-state index is 0.608. The molecule has 7 nitrogen and oxygen atoms in total. The molecule has 0 bridgehead atoms. The van der Waals surface area contributed by atoms with Crippen LogP contribution in [0.2, 0.25) is 0 Å². The van der Waals surface area contributed by atoms with Crippen LogP contribution in [0.1, 0.15) is 12.0 Å². The summed E-state index contributed by atoms with van der Waals surface area (Å²) in [7, 11) is 5.82. The first-order valence-corrected chi connectivity index (χ1v) is 9.69. The van der Waals surface area contributed by atoms with Gasteiger partial charge in [0, 0.05) is 42.7 Å². The molecule has 1 aromatic carbocycles. The number of hydrogen-bond donors (Lipinski definition) is 2. The van der Waals surface area contributed by atoms with Crippen LogP contribution >= 0.6 is 0 Å². The van der Waals surface area contributed by atoms with E-state index in [4.69, 9.17) is 4.74 Å². The van der Waals surface area contributed by atoms with Crippen LogP contribution in [0.15, 0.2) is 54.9 Å². The number of rotatable bonds is 10. The number of para-hydroxylation sites is 1. The van der Waals surface area contributed by atoms with Gasteiger partial charge in [-0.1, -0.05) is 18.2 Å². The van der Waals surface area contributed by atoms with Crippen LogP contribution in [0.25, 0.3) is 11.3 Å². The molecule has 2 aromatic heterocycles. The molecule has 0 amide bonds. The molecule has 29 heavy (non-hydrogen) atoms. The van der Waals surface area contributed by atoms with Gasteiger partial charge < -0.3 is 20.3 Å². The standard InChI is InChI=1S/C22H28N6O/c1-28(2)14-6-11-24-22-26-19(17-9-12-23-13-10-17)15-21(27-22)25-16-18-7-4-5-8-20(18)29-3/h4-5,7-10,12-13,15H,6,11,14,16H2,1-3H3,(H2,24,25,26,27). The average molecular weight is 393 g/mol. The van der Waals surface area contributed by atoms with Gasteiger partial charge in [-0.2, -0.15) is 4.98 Å². The zero-order valence-electron chi connectivity index (χ0n) is 17.2. The van der Waals surface area contributed by atoms with Gasteiger partial charge in [0.05, 0.1) is 12.8 Å². The minimum atomic E-state index is 0.608. The molecule has 0 atom stereocenters. The van der Waals surface area contributed by atoms with Crippen molar-refractivity contribution in [3.8, 4) is 17.0 Å². The quantitative estimate of drug-likeness (QED) is 0.511. The Kier molecular flexibility index (Phi) is 7.35. The highest BCUT2D eigenvalue weighted by Gasteiger charge is 2.08. The topological polar surface area (TPSA) is 75.2 Å². The summed E-state index contributed by atoms with van der Waals surface area (Å²) in [6, 6.07) is 13.8. The number of methoxy groups -OCH3 is 1. The molecular formula is C22H28N6O. The summed E-state index contributed by atoms with van der Waals surface area (Å²) >= 11 is 0. The van der Waals surface area contributed by atoms with Gasteiger partial charge >= 0.3 is 0 Å². The van der Waals surface area contributed by atoms with Crippen LogP contribution in [0.4, 0.5) is 11.8 Å². The van der Waals surface area contributed by atoms with E-state index < -0.39 is 0 Å². The lowest BCUT2D eigenvalue weighted by Gasteiger charge is -2.13. The molecular weight excluding hydrogens is 364 g/mol. The molecule has 0 fully saturated rings. The first kappa shape index (κ1) is 20.5. The van der Waals surface area contributed by atoms with Crippen molar-refractivity contribution in [1.29, 1.82) is 0 Å². The summed E-state index contributed by atoms with van der Waals surface area (Å²) in [5, 5.41) is 6.74. The SMILES string of the molecule is COc1ccccc1CNc1cc(-c2ccncc2)nc(NCCCN(C)C)n1. The van der Waals surface area contributed by atoms with Crippen molar-refractivity contribution in [2.45, 2.75) is 13.0 Å². The van der Waals surface area contributed by atoms with E-state index >= 15 is 0 Å². The number of anilines is 2. The van der Waals surface area contributed by atoms with Crippen LogP contribution in [-0.2, 0) is 6.54 Å². The maximum atomic E-state index is 5.44. The third-order valence-electron chi connectivity index (χ3n) is 4.42. The third kappa shape index (κ3) is 6.15. The number of ether oxygens (including phenoxy) is 1. The Bertz CT molecular complexity index is 901. The Hall–Kier alpha value is -3.19. The van der Waals surface area contributed by atoms with Crippen molar-refractivity contribution in [3.05, 3.63) is 60.4 Å². The zero-order chi connectivity index (χ0) is 20.5. The minimum Gasteiger partial charge on any atom is -0.496 e.